The number of nitrogens with zero attached hydrogens (tertiary/aromatic N) is 1. The van der Waals surface area contributed by atoms with Gasteiger partial charge in [-0.25, -0.2) is 4.79 Å². The van der Waals surface area contributed by atoms with Gasteiger partial charge in [-0.05, 0) is 15.4 Å². The third kappa shape index (κ3) is 2.75. The van der Waals surface area contributed by atoms with Crippen LogP contribution in [0.2, 0.25) is 5.04 Å². The van der Waals surface area contributed by atoms with E-state index >= 15 is 0 Å². The molecule has 0 N–H and O–H groups in total. The maximum atomic E-state index is 11.7. The van der Waals surface area contributed by atoms with E-state index in [0.717, 1.165) is 6.54 Å². The molecule has 2 atom stereocenters. The monoisotopic (exact) mass is 367 g/mol. The van der Waals surface area contributed by atoms with Crippen molar-refractivity contribution in [2.45, 2.75) is 38.0 Å². The van der Waals surface area contributed by atoms with Gasteiger partial charge < -0.3 is 9.16 Å². The normalized spacial score (nSPS) is 22.1. The highest BCUT2D eigenvalue weighted by Crippen LogP contribution is 2.38. The lowest BCUT2D eigenvalue weighted by Crippen LogP contribution is -2.67. The zero-order valence-corrected chi connectivity index (χ0v) is 16.5. The van der Waals surface area contributed by atoms with E-state index in [9.17, 15) is 4.79 Å². The molecule has 26 heavy (non-hydrogen) atoms. The van der Waals surface area contributed by atoms with Crippen molar-refractivity contribution in [2.24, 2.45) is 0 Å². The molecule has 4 nitrogen and oxygen atoms in total. The van der Waals surface area contributed by atoms with Gasteiger partial charge in [-0.1, -0.05) is 81.4 Å². The van der Waals surface area contributed by atoms with Crippen molar-refractivity contribution < 1.29 is 14.0 Å². The van der Waals surface area contributed by atoms with E-state index in [0.29, 0.717) is 6.61 Å². The zero-order chi connectivity index (χ0) is 18.4. The van der Waals surface area contributed by atoms with Crippen LogP contribution in [0.5, 0.6) is 0 Å². The van der Waals surface area contributed by atoms with Gasteiger partial charge in [0.1, 0.15) is 6.10 Å². The lowest BCUT2D eigenvalue weighted by molar-refractivity contribution is 0.0862. The number of ether oxygens (including phenoxy) is 1. The molecule has 0 unspecified atom stereocenters. The van der Waals surface area contributed by atoms with Crippen molar-refractivity contribution in [3.63, 3.8) is 0 Å². The standard InChI is InChI=1S/C21H25NO3Si/c1-21(2,3)26(16-10-6-4-7-11-16,17-12-8-5-9-13-17)24-15-19-18-14-22(18)20(23)25-19/h4-13,18-19H,14-15H2,1-3H3/t18-,19-,22?/m1/s1. The number of cyclic esters (lactones) is 1. The van der Waals surface area contributed by atoms with Crippen LogP contribution in [0.3, 0.4) is 0 Å². The summed E-state index contributed by atoms with van der Waals surface area (Å²) < 4.78 is 12.3. The first-order chi connectivity index (χ1) is 12.4. The van der Waals surface area contributed by atoms with Crippen LogP contribution in [0, 0.1) is 0 Å². The molecule has 2 aromatic carbocycles. The van der Waals surface area contributed by atoms with Gasteiger partial charge in [-0.3, -0.25) is 4.90 Å². The molecule has 2 aromatic rings. The van der Waals surface area contributed by atoms with Crippen LogP contribution < -0.4 is 10.4 Å². The summed E-state index contributed by atoms with van der Waals surface area (Å²) in [7, 11) is -2.56. The fourth-order valence-corrected chi connectivity index (χ4v) is 8.64. The minimum atomic E-state index is -2.56. The van der Waals surface area contributed by atoms with Crippen molar-refractivity contribution in [1.29, 1.82) is 0 Å². The van der Waals surface area contributed by atoms with E-state index in [1.54, 1.807) is 4.90 Å². The highest BCUT2D eigenvalue weighted by molar-refractivity contribution is 6.99. The first-order valence-electron chi connectivity index (χ1n) is 9.16. The molecule has 5 heteroatoms. The van der Waals surface area contributed by atoms with Crippen LogP contribution in [0.4, 0.5) is 4.79 Å². The molecule has 1 amide bonds. The van der Waals surface area contributed by atoms with Crippen LogP contribution in [0.25, 0.3) is 0 Å². The molecule has 0 aliphatic carbocycles. The topological polar surface area (TPSA) is 38.5 Å². The zero-order valence-electron chi connectivity index (χ0n) is 15.5. The highest BCUT2D eigenvalue weighted by atomic mass is 28.4. The molecule has 2 aliphatic rings. The number of hydrogen-bond acceptors (Lipinski definition) is 3. The lowest BCUT2D eigenvalue weighted by Gasteiger charge is -2.43. The Morgan fingerprint density at radius 1 is 1.04 bits per heavy atom. The number of carbonyl (C=O) groups excluding carboxylic acids is 1. The number of hydrogen-bond donors (Lipinski definition) is 0. The van der Waals surface area contributed by atoms with Gasteiger partial charge in [-0.2, -0.15) is 0 Å². The summed E-state index contributed by atoms with van der Waals surface area (Å²) >= 11 is 0. The molecule has 2 saturated heterocycles. The first-order valence-corrected chi connectivity index (χ1v) is 11.1. The van der Waals surface area contributed by atoms with Crippen molar-refractivity contribution in [2.75, 3.05) is 13.2 Å². The molecular weight excluding hydrogens is 342 g/mol. The molecule has 2 fully saturated rings. The second-order valence-electron chi connectivity index (χ2n) is 8.12. The molecule has 0 bridgehead atoms. The molecule has 0 aromatic heterocycles. The Hall–Kier alpha value is -2.11. The van der Waals surface area contributed by atoms with Gasteiger partial charge in [0.05, 0.1) is 12.6 Å². The third-order valence-electron chi connectivity index (χ3n) is 5.45. The van der Waals surface area contributed by atoms with Crippen LogP contribution in [-0.4, -0.2) is 44.6 Å². The molecule has 136 valence electrons. The summed E-state index contributed by atoms with van der Waals surface area (Å²) in [4.78, 5) is 13.5. The lowest BCUT2D eigenvalue weighted by atomic mass is 10.2. The van der Waals surface area contributed by atoms with Gasteiger partial charge in [-0.15, -0.1) is 0 Å². The van der Waals surface area contributed by atoms with Crippen molar-refractivity contribution in [3.05, 3.63) is 60.7 Å². The summed E-state index contributed by atoms with van der Waals surface area (Å²) in [5, 5.41) is 2.42. The number of carbonyl (C=O) groups is 1. The largest absolute Gasteiger partial charge is 0.441 e. The minimum Gasteiger partial charge on any atom is -0.441 e. The average Bonchev–Trinajstić information content (AvgIpc) is 3.37. The number of amides is 1. The maximum Gasteiger partial charge on any atom is 0.410 e. The molecule has 0 radical (unpaired) electrons. The summed E-state index contributed by atoms with van der Waals surface area (Å²) in [6.07, 6.45) is -0.366. The van der Waals surface area contributed by atoms with E-state index < -0.39 is 8.32 Å². The third-order valence-corrected chi connectivity index (χ3v) is 10.5. The number of benzene rings is 2. The van der Waals surface area contributed by atoms with Gasteiger partial charge in [0.2, 0.25) is 0 Å². The Kier molecular flexibility index (Phi) is 4.16. The Morgan fingerprint density at radius 2 is 1.58 bits per heavy atom. The Bertz CT molecular complexity index is 748. The van der Waals surface area contributed by atoms with Gasteiger partial charge in [0.25, 0.3) is 8.32 Å². The van der Waals surface area contributed by atoms with E-state index in [4.69, 9.17) is 9.16 Å². The van der Waals surface area contributed by atoms with Crippen molar-refractivity contribution >= 4 is 24.8 Å². The van der Waals surface area contributed by atoms with Gasteiger partial charge in [0.15, 0.2) is 0 Å². The smallest absolute Gasteiger partial charge is 0.410 e. The summed E-state index contributed by atoms with van der Waals surface area (Å²) in [5.74, 6) is 0. The number of rotatable bonds is 5. The van der Waals surface area contributed by atoms with Gasteiger partial charge >= 0.3 is 6.09 Å². The Labute approximate surface area is 155 Å². The second kappa shape index (κ2) is 6.25. The van der Waals surface area contributed by atoms with E-state index in [1.165, 1.54) is 10.4 Å². The Balaban J connectivity index is 1.74. The minimum absolute atomic E-state index is 0.0679. The predicted molar refractivity (Wildman–Crippen MR) is 104 cm³/mol. The molecule has 0 saturated carbocycles. The average molecular weight is 368 g/mol. The van der Waals surface area contributed by atoms with Crippen molar-refractivity contribution in [1.82, 2.24) is 4.90 Å². The summed E-state index contributed by atoms with van der Waals surface area (Å²) in [6, 6.07) is 21.3. The molecule has 0 spiro atoms. The first kappa shape index (κ1) is 17.3. The number of fused-ring (bicyclic) bond motifs is 1. The molecule has 4 rings (SSSR count). The van der Waals surface area contributed by atoms with E-state index in [-0.39, 0.29) is 23.3 Å². The fourth-order valence-electron chi connectivity index (χ4n) is 4.07. The molecular formula is C21H25NO3Si. The van der Waals surface area contributed by atoms with Crippen LogP contribution in [0.15, 0.2) is 60.7 Å². The second-order valence-corrected chi connectivity index (χ2v) is 12.4. The summed E-state index contributed by atoms with van der Waals surface area (Å²) in [5.41, 5.74) is 0. The predicted octanol–water partition coefficient (Wildman–Crippen LogP) is 2.77. The fraction of sp³-hybridized carbons (Fsp3) is 0.381. The van der Waals surface area contributed by atoms with Crippen LogP contribution in [0.1, 0.15) is 20.8 Å². The molecule has 2 aliphatic heterocycles. The highest BCUT2D eigenvalue weighted by Gasteiger charge is 2.56. The quantitative estimate of drug-likeness (QED) is 0.602. The van der Waals surface area contributed by atoms with Crippen LogP contribution in [-0.2, 0) is 9.16 Å². The van der Waals surface area contributed by atoms with E-state index in [2.05, 4.69) is 69.3 Å². The molecule has 2 heterocycles. The summed E-state index contributed by atoms with van der Waals surface area (Å²) in [6.45, 7) is 8.00. The SMILES string of the molecule is CC(C)(C)[Si](OC[C@H]1OC(=O)N2C[C@H]12)(c1ccccc1)c1ccccc1. The van der Waals surface area contributed by atoms with Crippen LogP contribution >= 0.6 is 0 Å². The van der Waals surface area contributed by atoms with E-state index in [1.807, 2.05) is 12.1 Å². The maximum absolute atomic E-state index is 11.7. The Morgan fingerprint density at radius 3 is 1.96 bits per heavy atom. The van der Waals surface area contributed by atoms with Crippen molar-refractivity contribution in [3.8, 4) is 0 Å². The van der Waals surface area contributed by atoms with Gasteiger partial charge in [0, 0.05) is 6.54 Å².